The van der Waals surface area contributed by atoms with E-state index in [0.29, 0.717) is 6.61 Å². The largest absolute Gasteiger partial charge is 0.348 e. The molecule has 1 aliphatic rings. The third-order valence-corrected chi connectivity index (χ3v) is 1.69. The SMILES string of the molecule is CCNCC1COC(C)(C)O1. The third-order valence-electron chi connectivity index (χ3n) is 1.69. The molecule has 1 unspecified atom stereocenters. The second kappa shape index (κ2) is 3.52. The highest BCUT2D eigenvalue weighted by Crippen LogP contribution is 2.21. The first kappa shape index (κ1) is 8.97. The van der Waals surface area contributed by atoms with E-state index in [1.165, 1.54) is 0 Å². The summed E-state index contributed by atoms with van der Waals surface area (Å²) in [6, 6.07) is 0. The van der Waals surface area contributed by atoms with Crippen molar-refractivity contribution in [1.82, 2.24) is 5.32 Å². The molecule has 1 fully saturated rings. The standard InChI is InChI=1S/C8H17NO2/c1-4-9-5-7-6-10-8(2,3)11-7/h7,9H,4-6H2,1-3H3. The molecule has 1 N–H and O–H groups in total. The van der Waals surface area contributed by atoms with E-state index in [0.717, 1.165) is 13.1 Å². The second-order valence-electron chi connectivity index (χ2n) is 3.26. The molecule has 11 heavy (non-hydrogen) atoms. The Bertz CT molecular complexity index is 125. The Morgan fingerprint density at radius 1 is 1.55 bits per heavy atom. The van der Waals surface area contributed by atoms with Crippen LogP contribution in [0.2, 0.25) is 0 Å². The van der Waals surface area contributed by atoms with Crippen molar-refractivity contribution in [3.63, 3.8) is 0 Å². The predicted molar refractivity (Wildman–Crippen MR) is 43.4 cm³/mol. The fourth-order valence-corrected chi connectivity index (χ4v) is 1.17. The molecule has 3 nitrogen and oxygen atoms in total. The molecule has 0 radical (unpaired) electrons. The van der Waals surface area contributed by atoms with Crippen molar-refractivity contribution in [2.24, 2.45) is 0 Å². The van der Waals surface area contributed by atoms with Crippen molar-refractivity contribution in [3.05, 3.63) is 0 Å². The van der Waals surface area contributed by atoms with Crippen LogP contribution in [-0.4, -0.2) is 31.6 Å². The maximum atomic E-state index is 5.57. The number of hydrogen-bond acceptors (Lipinski definition) is 3. The fraction of sp³-hybridized carbons (Fsp3) is 1.00. The molecule has 3 heteroatoms. The minimum absolute atomic E-state index is 0.227. The average Bonchev–Trinajstić information content (AvgIpc) is 2.26. The van der Waals surface area contributed by atoms with Crippen molar-refractivity contribution in [2.75, 3.05) is 19.7 Å². The van der Waals surface area contributed by atoms with Crippen LogP contribution in [-0.2, 0) is 9.47 Å². The molecule has 0 saturated carbocycles. The molecule has 0 aromatic carbocycles. The van der Waals surface area contributed by atoms with Crippen molar-refractivity contribution >= 4 is 0 Å². The minimum Gasteiger partial charge on any atom is -0.348 e. The normalized spacial score (nSPS) is 29.2. The summed E-state index contributed by atoms with van der Waals surface area (Å²) < 4.78 is 11.0. The van der Waals surface area contributed by atoms with Crippen molar-refractivity contribution in [3.8, 4) is 0 Å². The smallest absolute Gasteiger partial charge is 0.163 e. The summed E-state index contributed by atoms with van der Waals surface area (Å²) in [6.45, 7) is 8.55. The summed E-state index contributed by atoms with van der Waals surface area (Å²) in [7, 11) is 0. The minimum atomic E-state index is -0.375. The lowest BCUT2D eigenvalue weighted by Crippen LogP contribution is -2.30. The third kappa shape index (κ3) is 2.77. The molecule has 1 atom stereocenters. The van der Waals surface area contributed by atoms with E-state index in [1.807, 2.05) is 13.8 Å². The molecular weight excluding hydrogens is 142 g/mol. The number of nitrogens with one attached hydrogen (secondary N) is 1. The molecule has 1 rings (SSSR count). The van der Waals surface area contributed by atoms with Gasteiger partial charge in [-0.3, -0.25) is 0 Å². The van der Waals surface area contributed by atoms with Gasteiger partial charge < -0.3 is 14.8 Å². The predicted octanol–water partition coefficient (Wildman–Crippen LogP) is 0.747. The van der Waals surface area contributed by atoms with Gasteiger partial charge in [-0.05, 0) is 20.4 Å². The average molecular weight is 159 g/mol. The lowest BCUT2D eigenvalue weighted by Gasteiger charge is -2.16. The summed E-state index contributed by atoms with van der Waals surface area (Å²) in [5.41, 5.74) is 0. The van der Waals surface area contributed by atoms with E-state index in [1.54, 1.807) is 0 Å². The first-order valence-electron chi connectivity index (χ1n) is 4.16. The van der Waals surface area contributed by atoms with Crippen LogP contribution in [0, 0.1) is 0 Å². The van der Waals surface area contributed by atoms with Gasteiger partial charge in [0, 0.05) is 6.54 Å². The molecule has 0 bridgehead atoms. The lowest BCUT2D eigenvalue weighted by molar-refractivity contribution is -0.137. The van der Waals surface area contributed by atoms with Crippen LogP contribution in [0.4, 0.5) is 0 Å². The lowest BCUT2D eigenvalue weighted by atomic mass is 10.3. The Balaban J connectivity index is 2.20. The van der Waals surface area contributed by atoms with Crippen molar-refractivity contribution in [2.45, 2.75) is 32.7 Å². The van der Waals surface area contributed by atoms with Gasteiger partial charge in [0.2, 0.25) is 0 Å². The van der Waals surface area contributed by atoms with Gasteiger partial charge in [0.05, 0.1) is 12.7 Å². The summed E-state index contributed by atoms with van der Waals surface area (Å²) in [5.74, 6) is -0.375. The molecule has 1 heterocycles. The van der Waals surface area contributed by atoms with E-state index in [-0.39, 0.29) is 11.9 Å². The molecular formula is C8H17NO2. The number of likely N-dealkylation sites (N-methyl/N-ethyl adjacent to an activating group) is 1. The molecule has 1 saturated heterocycles. The molecule has 0 aromatic heterocycles. The summed E-state index contributed by atoms with van der Waals surface area (Å²) >= 11 is 0. The monoisotopic (exact) mass is 159 g/mol. The number of hydrogen-bond donors (Lipinski definition) is 1. The van der Waals surface area contributed by atoms with Gasteiger partial charge in [-0.1, -0.05) is 6.92 Å². The maximum absolute atomic E-state index is 5.57. The molecule has 66 valence electrons. The molecule has 0 aliphatic carbocycles. The summed E-state index contributed by atoms with van der Waals surface area (Å²) in [6.07, 6.45) is 0.227. The van der Waals surface area contributed by atoms with Gasteiger partial charge in [0.1, 0.15) is 0 Å². The van der Waals surface area contributed by atoms with Gasteiger partial charge in [0.15, 0.2) is 5.79 Å². The van der Waals surface area contributed by atoms with Gasteiger partial charge >= 0.3 is 0 Å². The van der Waals surface area contributed by atoms with Gasteiger partial charge in [-0.25, -0.2) is 0 Å². The van der Waals surface area contributed by atoms with Gasteiger partial charge in [-0.2, -0.15) is 0 Å². The first-order chi connectivity index (χ1) is 5.14. The highest BCUT2D eigenvalue weighted by Gasteiger charge is 2.31. The fourth-order valence-electron chi connectivity index (χ4n) is 1.17. The molecule has 0 aromatic rings. The van der Waals surface area contributed by atoms with Crippen LogP contribution in [0.25, 0.3) is 0 Å². The van der Waals surface area contributed by atoms with Crippen LogP contribution < -0.4 is 5.32 Å². The van der Waals surface area contributed by atoms with Crippen molar-refractivity contribution in [1.29, 1.82) is 0 Å². The Morgan fingerprint density at radius 2 is 2.27 bits per heavy atom. The van der Waals surface area contributed by atoms with E-state index in [2.05, 4.69) is 12.2 Å². The highest BCUT2D eigenvalue weighted by molar-refractivity contribution is 4.72. The van der Waals surface area contributed by atoms with E-state index in [4.69, 9.17) is 9.47 Å². The van der Waals surface area contributed by atoms with Gasteiger partial charge in [-0.15, -0.1) is 0 Å². The Hall–Kier alpha value is -0.120. The van der Waals surface area contributed by atoms with Crippen LogP contribution in [0.5, 0.6) is 0 Å². The Labute approximate surface area is 68.1 Å². The van der Waals surface area contributed by atoms with Gasteiger partial charge in [0.25, 0.3) is 0 Å². The summed E-state index contributed by atoms with van der Waals surface area (Å²) in [5, 5.41) is 3.22. The topological polar surface area (TPSA) is 30.5 Å². The number of ether oxygens (including phenoxy) is 2. The zero-order chi connectivity index (χ0) is 8.32. The van der Waals surface area contributed by atoms with Crippen molar-refractivity contribution < 1.29 is 9.47 Å². The zero-order valence-electron chi connectivity index (χ0n) is 7.52. The van der Waals surface area contributed by atoms with E-state index >= 15 is 0 Å². The van der Waals surface area contributed by atoms with Crippen LogP contribution in [0.1, 0.15) is 20.8 Å². The van der Waals surface area contributed by atoms with E-state index in [9.17, 15) is 0 Å². The quantitative estimate of drug-likeness (QED) is 0.659. The number of rotatable bonds is 3. The van der Waals surface area contributed by atoms with Crippen LogP contribution in [0.15, 0.2) is 0 Å². The summed E-state index contributed by atoms with van der Waals surface area (Å²) in [4.78, 5) is 0. The van der Waals surface area contributed by atoms with Crippen LogP contribution in [0.3, 0.4) is 0 Å². The molecule has 1 aliphatic heterocycles. The second-order valence-corrected chi connectivity index (χ2v) is 3.26. The van der Waals surface area contributed by atoms with E-state index < -0.39 is 0 Å². The molecule has 0 spiro atoms. The maximum Gasteiger partial charge on any atom is 0.163 e. The van der Waals surface area contributed by atoms with Crippen LogP contribution >= 0.6 is 0 Å². The Kier molecular flexibility index (Phi) is 2.87. The first-order valence-corrected chi connectivity index (χ1v) is 4.16. The molecule has 0 amide bonds. The highest BCUT2D eigenvalue weighted by atomic mass is 16.7. The Morgan fingerprint density at radius 3 is 2.73 bits per heavy atom. The zero-order valence-corrected chi connectivity index (χ0v) is 7.52.